The number of rotatable bonds is 2. The highest BCUT2D eigenvalue weighted by Crippen LogP contribution is 2.07. The molecule has 0 spiro atoms. The highest BCUT2D eigenvalue weighted by Gasteiger charge is 1.94. The summed E-state index contributed by atoms with van der Waals surface area (Å²) >= 11 is 0. The van der Waals surface area contributed by atoms with Crippen molar-refractivity contribution in [2.24, 2.45) is 5.84 Å². The van der Waals surface area contributed by atoms with E-state index in [9.17, 15) is 0 Å². The average molecular weight is 138 g/mol. The van der Waals surface area contributed by atoms with Crippen molar-refractivity contribution in [3.05, 3.63) is 30.3 Å². The Bertz CT molecular complexity index is 188. The zero-order chi connectivity index (χ0) is 7.40. The molecule has 0 amide bonds. The number of hydrogen-bond acceptors (Lipinski definition) is 3. The van der Waals surface area contributed by atoms with Gasteiger partial charge in [-0.25, -0.2) is 5.84 Å². The number of nitrogens with two attached hydrogens (primary N) is 1. The third kappa shape index (κ3) is 1.46. The van der Waals surface area contributed by atoms with Crippen molar-refractivity contribution in [3.8, 4) is 0 Å². The van der Waals surface area contributed by atoms with E-state index in [4.69, 9.17) is 10.7 Å². The Kier molecular flexibility index (Phi) is 2.25. The van der Waals surface area contributed by atoms with E-state index in [1.165, 1.54) is 12.3 Å². The lowest BCUT2D eigenvalue weighted by atomic mass is 10.3. The van der Waals surface area contributed by atoms with Crippen LogP contribution in [0.1, 0.15) is 0 Å². The van der Waals surface area contributed by atoms with Crippen LogP contribution in [-0.2, 0) is 4.84 Å². The molecule has 2 N–H and O–H groups in total. The summed E-state index contributed by atoms with van der Waals surface area (Å²) in [6.45, 7) is 0. The summed E-state index contributed by atoms with van der Waals surface area (Å²) in [5.74, 6) is 5.41. The minimum absolute atomic E-state index is 0.838. The zero-order valence-electron chi connectivity index (χ0n) is 5.82. The van der Waals surface area contributed by atoms with Gasteiger partial charge in [-0.3, -0.25) is 4.84 Å². The highest BCUT2D eigenvalue weighted by atomic mass is 16.7. The lowest BCUT2D eigenvalue weighted by Gasteiger charge is -2.13. The smallest absolute Gasteiger partial charge is 0.0820 e. The second-order valence-corrected chi connectivity index (χ2v) is 1.84. The first-order valence-corrected chi connectivity index (χ1v) is 2.98. The maximum Gasteiger partial charge on any atom is 0.0820 e. The van der Waals surface area contributed by atoms with Crippen LogP contribution in [0.5, 0.6) is 0 Å². The Balaban J connectivity index is 2.75. The van der Waals surface area contributed by atoms with Crippen molar-refractivity contribution in [1.29, 1.82) is 0 Å². The standard InChI is InChI=1S/C7H10N2O/c1-10-9(8)7-5-3-2-4-6-7/h2-6H,8H2,1H3. The van der Waals surface area contributed by atoms with Crippen LogP contribution >= 0.6 is 0 Å². The molecule has 1 rings (SSSR count). The van der Waals surface area contributed by atoms with Crippen molar-refractivity contribution in [2.75, 3.05) is 12.3 Å². The van der Waals surface area contributed by atoms with Gasteiger partial charge >= 0.3 is 0 Å². The number of benzene rings is 1. The van der Waals surface area contributed by atoms with Crippen LogP contribution in [0.3, 0.4) is 0 Å². The monoisotopic (exact) mass is 138 g/mol. The van der Waals surface area contributed by atoms with E-state index in [1.54, 1.807) is 0 Å². The average Bonchev–Trinajstić information content (AvgIpc) is 2.05. The van der Waals surface area contributed by atoms with Crippen molar-refractivity contribution in [1.82, 2.24) is 0 Å². The van der Waals surface area contributed by atoms with Crippen LogP contribution in [0.4, 0.5) is 5.69 Å². The summed E-state index contributed by atoms with van der Waals surface area (Å²) in [6.07, 6.45) is 0. The molecule has 0 heterocycles. The summed E-state index contributed by atoms with van der Waals surface area (Å²) in [5.41, 5.74) is 0.838. The molecule has 0 aromatic heterocycles. The SMILES string of the molecule is CON(N)c1ccccc1. The van der Waals surface area contributed by atoms with Crippen LogP contribution in [0.25, 0.3) is 0 Å². The Morgan fingerprint density at radius 2 is 1.90 bits per heavy atom. The van der Waals surface area contributed by atoms with Crippen molar-refractivity contribution >= 4 is 5.69 Å². The molecule has 0 aliphatic heterocycles. The van der Waals surface area contributed by atoms with Crippen molar-refractivity contribution in [2.45, 2.75) is 0 Å². The maximum atomic E-state index is 5.41. The first kappa shape index (κ1) is 7.05. The number of hydrogen-bond donors (Lipinski definition) is 1. The molecule has 0 bridgehead atoms. The molecule has 0 aliphatic carbocycles. The molecule has 0 saturated carbocycles. The normalized spacial score (nSPS) is 9.40. The van der Waals surface area contributed by atoms with Gasteiger partial charge in [-0.05, 0) is 12.1 Å². The molecule has 3 heteroatoms. The van der Waals surface area contributed by atoms with Crippen LogP contribution in [0.15, 0.2) is 30.3 Å². The van der Waals surface area contributed by atoms with E-state index in [-0.39, 0.29) is 0 Å². The first-order chi connectivity index (χ1) is 4.84. The predicted molar refractivity (Wildman–Crippen MR) is 40.1 cm³/mol. The van der Waals surface area contributed by atoms with Gasteiger partial charge in [0.05, 0.1) is 12.8 Å². The molecule has 1 aromatic rings. The predicted octanol–water partition coefficient (Wildman–Crippen LogP) is 0.928. The van der Waals surface area contributed by atoms with Crippen LogP contribution in [0.2, 0.25) is 0 Å². The number of para-hydroxylation sites is 1. The Morgan fingerprint density at radius 3 is 2.40 bits per heavy atom. The molecule has 0 aliphatic rings. The van der Waals surface area contributed by atoms with Gasteiger partial charge < -0.3 is 0 Å². The van der Waals surface area contributed by atoms with Gasteiger partial charge in [0.1, 0.15) is 0 Å². The minimum atomic E-state index is 0.838. The quantitative estimate of drug-likeness (QED) is 0.488. The van der Waals surface area contributed by atoms with Crippen LogP contribution in [0, 0.1) is 0 Å². The fourth-order valence-electron chi connectivity index (χ4n) is 0.680. The summed E-state index contributed by atoms with van der Waals surface area (Å²) < 4.78 is 0. The van der Waals surface area contributed by atoms with Gasteiger partial charge in [0.15, 0.2) is 0 Å². The largest absolute Gasteiger partial charge is 0.261 e. The Morgan fingerprint density at radius 1 is 1.30 bits per heavy atom. The van der Waals surface area contributed by atoms with E-state index in [2.05, 4.69) is 0 Å². The second-order valence-electron chi connectivity index (χ2n) is 1.84. The van der Waals surface area contributed by atoms with E-state index in [0.29, 0.717) is 0 Å². The third-order valence-corrected chi connectivity index (χ3v) is 1.21. The van der Waals surface area contributed by atoms with E-state index in [0.717, 1.165) is 5.69 Å². The number of nitrogens with zero attached hydrogens (tertiary/aromatic N) is 1. The van der Waals surface area contributed by atoms with Gasteiger partial charge in [-0.1, -0.05) is 18.2 Å². The molecule has 0 fully saturated rings. The summed E-state index contributed by atoms with van der Waals surface area (Å²) in [7, 11) is 1.52. The molecule has 0 saturated heterocycles. The molecule has 0 unspecified atom stereocenters. The lowest BCUT2D eigenvalue weighted by molar-refractivity contribution is 0.168. The van der Waals surface area contributed by atoms with Gasteiger partial charge in [0.25, 0.3) is 0 Å². The molecule has 3 nitrogen and oxygen atoms in total. The molecular formula is C7H10N2O. The van der Waals surface area contributed by atoms with Gasteiger partial charge in [-0.15, -0.1) is 0 Å². The first-order valence-electron chi connectivity index (χ1n) is 2.98. The van der Waals surface area contributed by atoms with E-state index < -0.39 is 0 Å². The topological polar surface area (TPSA) is 38.5 Å². The summed E-state index contributed by atoms with van der Waals surface area (Å²) in [5, 5.41) is 1.21. The minimum Gasteiger partial charge on any atom is -0.261 e. The maximum absolute atomic E-state index is 5.41. The fraction of sp³-hybridized carbons (Fsp3) is 0.143. The van der Waals surface area contributed by atoms with Gasteiger partial charge in [-0.2, -0.15) is 5.17 Å². The van der Waals surface area contributed by atoms with Crippen LogP contribution in [-0.4, -0.2) is 7.11 Å². The highest BCUT2D eigenvalue weighted by molar-refractivity contribution is 5.41. The molecule has 1 aromatic carbocycles. The van der Waals surface area contributed by atoms with E-state index in [1.807, 2.05) is 30.3 Å². The summed E-state index contributed by atoms with van der Waals surface area (Å²) in [6, 6.07) is 9.45. The van der Waals surface area contributed by atoms with Crippen molar-refractivity contribution in [3.63, 3.8) is 0 Å². The van der Waals surface area contributed by atoms with Crippen LogP contribution < -0.4 is 11.0 Å². The third-order valence-electron chi connectivity index (χ3n) is 1.21. The molecule has 10 heavy (non-hydrogen) atoms. The van der Waals surface area contributed by atoms with Gasteiger partial charge in [0, 0.05) is 0 Å². The molecule has 0 radical (unpaired) electrons. The molecule has 54 valence electrons. The molecule has 0 atom stereocenters. The number of anilines is 1. The van der Waals surface area contributed by atoms with Gasteiger partial charge in [0.2, 0.25) is 0 Å². The Hall–Kier alpha value is -1.06. The summed E-state index contributed by atoms with van der Waals surface area (Å²) in [4.78, 5) is 4.75. The van der Waals surface area contributed by atoms with E-state index >= 15 is 0 Å². The zero-order valence-corrected chi connectivity index (χ0v) is 5.82. The lowest BCUT2D eigenvalue weighted by Crippen LogP contribution is -2.28. The number of hydrazine groups is 1. The fourth-order valence-corrected chi connectivity index (χ4v) is 0.680. The molecular weight excluding hydrogens is 128 g/mol. The second kappa shape index (κ2) is 3.20. The Labute approximate surface area is 59.9 Å². The van der Waals surface area contributed by atoms with Crippen molar-refractivity contribution < 1.29 is 4.84 Å².